The lowest BCUT2D eigenvalue weighted by molar-refractivity contribution is 0.0696. The second-order valence-corrected chi connectivity index (χ2v) is 4.53. The van der Waals surface area contributed by atoms with Crippen molar-refractivity contribution in [3.05, 3.63) is 35.4 Å². The zero-order valence-corrected chi connectivity index (χ0v) is 9.15. The van der Waals surface area contributed by atoms with Gasteiger partial charge in [0.25, 0.3) is 0 Å². The minimum Gasteiger partial charge on any atom is -0.478 e. The summed E-state index contributed by atoms with van der Waals surface area (Å²) in [4.78, 5) is 10.9. The molecule has 1 aromatic carbocycles. The van der Waals surface area contributed by atoms with Crippen LogP contribution in [0.4, 0.5) is 0 Å². The average Bonchev–Trinajstić information content (AvgIpc) is 2.79. The Morgan fingerprint density at radius 1 is 1.31 bits per heavy atom. The number of hydrogen-bond donors (Lipinski definition) is 2. The number of hydrogen-bond acceptors (Lipinski definition) is 2. The van der Waals surface area contributed by atoms with Gasteiger partial charge in [-0.05, 0) is 30.5 Å². The van der Waals surface area contributed by atoms with Crippen molar-refractivity contribution < 1.29 is 15.0 Å². The van der Waals surface area contributed by atoms with E-state index in [1.165, 1.54) is 0 Å². The second kappa shape index (κ2) is 4.26. The van der Waals surface area contributed by atoms with Gasteiger partial charge in [-0.1, -0.05) is 25.0 Å². The first-order valence-corrected chi connectivity index (χ1v) is 5.63. The smallest absolute Gasteiger partial charge is 0.335 e. The van der Waals surface area contributed by atoms with Crippen molar-refractivity contribution in [3.8, 4) is 0 Å². The van der Waals surface area contributed by atoms with Gasteiger partial charge in [0.05, 0.1) is 12.2 Å². The molecule has 0 unspecified atom stereocenters. The molecule has 0 spiro atoms. The van der Waals surface area contributed by atoms with Crippen LogP contribution in [0.2, 0.25) is 0 Å². The molecule has 2 N–H and O–H groups in total. The number of aliphatic hydroxyl groups excluding tert-OH is 1. The Morgan fingerprint density at radius 3 is 2.56 bits per heavy atom. The second-order valence-electron chi connectivity index (χ2n) is 4.53. The van der Waals surface area contributed by atoms with Gasteiger partial charge in [-0.25, -0.2) is 4.79 Å². The highest BCUT2D eigenvalue weighted by Crippen LogP contribution is 2.40. The molecule has 3 nitrogen and oxygen atoms in total. The first-order valence-electron chi connectivity index (χ1n) is 5.63. The van der Waals surface area contributed by atoms with Crippen LogP contribution in [0.5, 0.6) is 0 Å². The number of rotatable bonds is 3. The zero-order valence-electron chi connectivity index (χ0n) is 9.15. The molecule has 1 aliphatic rings. The van der Waals surface area contributed by atoms with E-state index in [1.54, 1.807) is 18.2 Å². The highest BCUT2D eigenvalue weighted by molar-refractivity contribution is 5.87. The van der Waals surface area contributed by atoms with Crippen LogP contribution in [-0.4, -0.2) is 22.8 Å². The first kappa shape index (κ1) is 11.1. The van der Waals surface area contributed by atoms with Gasteiger partial charge in [0, 0.05) is 5.41 Å². The summed E-state index contributed by atoms with van der Waals surface area (Å²) in [5.74, 6) is -0.909. The molecule has 3 heteroatoms. The molecule has 0 amide bonds. The number of carbonyl (C=O) groups is 1. The summed E-state index contributed by atoms with van der Waals surface area (Å²) in [7, 11) is 0. The summed E-state index contributed by atoms with van der Waals surface area (Å²) in [6, 6.07) is 6.97. The predicted molar refractivity (Wildman–Crippen MR) is 60.6 cm³/mol. The quantitative estimate of drug-likeness (QED) is 0.821. The van der Waals surface area contributed by atoms with Gasteiger partial charge in [0.15, 0.2) is 0 Å². The van der Waals surface area contributed by atoms with E-state index in [0.717, 1.165) is 31.2 Å². The molecule has 0 atom stereocenters. The van der Waals surface area contributed by atoms with Gasteiger partial charge in [-0.2, -0.15) is 0 Å². The van der Waals surface area contributed by atoms with Gasteiger partial charge in [-0.15, -0.1) is 0 Å². The van der Waals surface area contributed by atoms with E-state index in [0.29, 0.717) is 5.56 Å². The minimum absolute atomic E-state index is 0.107. The topological polar surface area (TPSA) is 57.5 Å². The standard InChI is InChI=1S/C13H16O3/c14-9-13(6-1-2-7-13)11-5-3-4-10(8-11)12(15)16/h3-5,8,14H,1-2,6-7,9H2,(H,15,16). The maximum Gasteiger partial charge on any atom is 0.335 e. The molecule has 1 aromatic rings. The van der Waals surface area contributed by atoms with E-state index in [1.807, 2.05) is 6.07 Å². The van der Waals surface area contributed by atoms with E-state index in [2.05, 4.69) is 0 Å². The predicted octanol–water partition coefficient (Wildman–Crippen LogP) is 2.19. The van der Waals surface area contributed by atoms with Crippen LogP contribution in [0.3, 0.4) is 0 Å². The molecule has 0 aliphatic heterocycles. The van der Waals surface area contributed by atoms with E-state index in [9.17, 15) is 9.90 Å². The van der Waals surface area contributed by atoms with Crippen molar-refractivity contribution in [2.24, 2.45) is 0 Å². The molecule has 1 fully saturated rings. The average molecular weight is 220 g/mol. The van der Waals surface area contributed by atoms with Gasteiger partial charge < -0.3 is 10.2 Å². The molecule has 0 radical (unpaired) electrons. The third-order valence-corrected chi connectivity index (χ3v) is 3.59. The molecular weight excluding hydrogens is 204 g/mol. The molecule has 0 heterocycles. The third-order valence-electron chi connectivity index (χ3n) is 3.59. The fourth-order valence-corrected chi connectivity index (χ4v) is 2.57. The molecule has 86 valence electrons. The molecule has 16 heavy (non-hydrogen) atoms. The Bertz CT molecular complexity index is 392. The highest BCUT2D eigenvalue weighted by atomic mass is 16.4. The van der Waals surface area contributed by atoms with Crippen LogP contribution in [0.15, 0.2) is 24.3 Å². The van der Waals surface area contributed by atoms with Crippen molar-refractivity contribution in [2.45, 2.75) is 31.1 Å². The number of aliphatic hydroxyl groups is 1. The Labute approximate surface area is 94.7 Å². The lowest BCUT2D eigenvalue weighted by Crippen LogP contribution is -2.27. The van der Waals surface area contributed by atoms with Crippen molar-refractivity contribution in [3.63, 3.8) is 0 Å². The Hall–Kier alpha value is -1.35. The molecule has 2 rings (SSSR count). The third kappa shape index (κ3) is 1.83. The number of benzene rings is 1. The van der Waals surface area contributed by atoms with Gasteiger partial charge in [0.1, 0.15) is 0 Å². The lowest BCUT2D eigenvalue weighted by atomic mass is 9.79. The van der Waals surface area contributed by atoms with E-state index < -0.39 is 5.97 Å². The summed E-state index contributed by atoms with van der Waals surface area (Å²) < 4.78 is 0. The van der Waals surface area contributed by atoms with E-state index >= 15 is 0 Å². The first-order chi connectivity index (χ1) is 7.68. The van der Waals surface area contributed by atoms with Crippen molar-refractivity contribution in [2.75, 3.05) is 6.61 Å². The van der Waals surface area contributed by atoms with Crippen molar-refractivity contribution in [1.29, 1.82) is 0 Å². The normalized spacial score (nSPS) is 18.6. The van der Waals surface area contributed by atoms with Crippen LogP contribution in [-0.2, 0) is 5.41 Å². The SMILES string of the molecule is O=C(O)c1cccc(C2(CO)CCCC2)c1. The van der Waals surface area contributed by atoms with Gasteiger partial charge in [-0.3, -0.25) is 0 Å². The Morgan fingerprint density at radius 2 is 2.00 bits per heavy atom. The summed E-state index contributed by atoms with van der Waals surface area (Å²) in [6.45, 7) is 0.107. The fourth-order valence-electron chi connectivity index (χ4n) is 2.57. The molecule has 0 aromatic heterocycles. The number of carboxylic acid groups (broad SMARTS) is 1. The lowest BCUT2D eigenvalue weighted by Gasteiger charge is -2.27. The summed E-state index contributed by atoms with van der Waals surface area (Å²) in [6.07, 6.45) is 4.12. The number of carboxylic acids is 1. The molecule has 1 saturated carbocycles. The van der Waals surface area contributed by atoms with Crippen LogP contribution in [0, 0.1) is 0 Å². The maximum absolute atomic E-state index is 10.9. The van der Waals surface area contributed by atoms with E-state index in [4.69, 9.17) is 5.11 Å². The monoisotopic (exact) mass is 220 g/mol. The maximum atomic E-state index is 10.9. The highest BCUT2D eigenvalue weighted by Gasteiger charge is 2.35. The van der Waals surface area contributed by atoms with Crippen LogP contribution in [0.25, 0.3) is 0 Å². The van der Waals surface area contributed by atoms with E-state index in [-0.39, 0.29) is 12.0 Å². The Kier molecular flexibility index (Phi) is 2.97. The summed E-state index contributed by atoms with van der Waals surface area (Å²) in [5.41, 5.74) is 1.07. The molecule has 0 saturated heterocycles. The molecule has 1 aliphatic carbocycles. The van der Waals surface area contributed by atoms with Crippen LogP contribution < -0.4 is 0 Å². The zero-order chi connectivity index (χ0) is 11.6. The molecular formula is C13H16O3. The van der Waals surface area contributed by atoms with Crippen LogP contribution >= 0.6 is 0 Å². The fraction of sp³-hybridized carbons (Fsp3) is 0.462. The Balaban J connectivity index is 2.38. The summed E-state index contributed by atoms with van der Waals surface area (Å²) in [5, 5.41) is 18.5. The van der Waals surface area contributed by atoms with Gasteiger partial charge in [0.2, 0.25) is 0 Å². The van der Waals surface area contributed by atoms with Crippen LogP contribution in [0.1, 0.15) is 41.6 Å². The van der Waals surface area contributed by atoms with Crippen molar-refractivity contribution in [1.82, 2.24) is 0 Å². The largest absolute Gasteiger partial charge is 0.478 e. The minimum atomic E-state index is -0.909. The number of aromatic carboxylic acids is 1. The summed E-state index contributed by atoms with van der Waals surface area (Å²) >= 11 is 0. The van der Waals surface area contributed by atoms with Crippen molar-refractivity contribution >= 4 is 5.97 Å². The molecule has 0 bridgehead atoms. The van der Waals surface area contributed by atoms with Gasteiger partial charge >= 0.3 is 5.97 Å².